The lowest BCUT2D eigenvalue weighted by Gasteiger charge is -2.36. The number of nitrogens with two attached hydrogens (primary N) is 1. The molecule has 17 heavy (non-hydrogen) atoms. The first-order chi connectivity index (χ1) is 8.19. The van der Waals surface area contributed by atoms with E-state index in [9.17, 15) is 4.79 Å². The number of carbonyl (C=O) groups is 1. The van der Waals surface area contributed by atoms with Crippen LogP contribution in [0.15, 0.2) is 0 Å². The summed E-state index contributed by atoms with van der Waals surface area (Å²) in [4.78, 5) is 14.2. The number of likely N-dealkylation sites (tertiary alicyclic amines) is 1. The summed E-state index contributed by atoms with van der Waals surface area (Å²) < 4.78 is 5.17. The summed E-state index contributed by atoms with van der Waals surface area (Å²) in [6, 6.07) is 0.374. The van der Waals surface area contributed by atoms with E-state index in [2.05, 4.69) is 0 Å². The maximum Gasteiger partial charge on any atom is 0.222 e. The molecule has 0 radical (unpaired) electrons. The highest BCUT2D eigenvalue weighted by Gasteiger charge is 2.25. The second-order valence-electron chi connectivity index (χ2n) is 4.90. The molecule has 4 nitrogen and oxygen atoms in total. The molecular formula is C13H26N2O2. The van der Waals surface area contributed by atoms with Gasteiger partial charge in [-0.25, -0.2) is 0 Å². The Labute approximate surface area is 104 Å². The Balaban J connectivity index is 2.41. The number of hydrogen-bond acceptors (Lipinski definition) is 3. The van der Waals surface area contributed by atoms with Gasteiger partial charge in [-0.1, -0.05) is 0 Å². The van der Waals surface area contributed by atoms with Crippen molar-refractivity contribution in [2.45, 2.75) is 57.6 Å². The zero-order valence-electron chi connectivity index (χ0n) is 11.2. The molecule has 2 N–H and O–H groups in total. The molecule has 1 rings (SSSR count). The van der Waals surface area contributed by atoms with Gasteiger partial charge in [0.1, 0.15) is 0 Å². The number of piperidine rings is 1. The minimum Gasteiger partial charge on any atom is -0.382 e. The molecule has 1 aliphatic heterocycles. The molecule has 0 saturated carbocycles. The second-order valence-corrected chi connectivity index (χ2v) is 4.90. The first-order valence-corrected chi connectivity index (χ1v) is 6.71. The molecule has 0 aromatic carbocycles. The summed E-state index contributed by atoms with van der Waals surface area (Å²) >= 11 is 0. The molecule has 0 bridgehead atoms. The van der Waals surface area contributed by atoms with Crippen LogP contribution in [0.2, 0.25) is 0 Å². The van der Waals surface area contributed by atoms with E-state index in [-0.39, 0.29) is 12.0 Å². The number of ether oxygens (including phenoxy) is 1. The standard InChI is InChI=1S/C13H26N2O2/c1-11(17-2)6-7-13(16)15-10-4-3-5-12(15)8-9-14/h11-12H,3-10,14H2,1-2H3. The minimum atomic E-state index is 0.164. The molecule has 1 amide bonds. The highest BCUT2D eigenvalue weighted by molar-refractivity contribution is 5.76. The van der Waals surface area contributed by atoms with Crippen molar-refractivity contribution in [1.29, 1.82) is 0 Å². The molecule has 4 heteroatoms. The third kappa shape index (κ3) is 4.64. The molecule has 100 valence electrons. The van der Waals surface area contributed by atoms with Crippen LogP contribution in [0, 0.1) is 0 Å². The zero-order chi connectivity index (χ0) is 12.7. The van der Waals surface area contributed by atoms with Crippen molar-refractivity contribution in [2.75, 3.05) is 20.2 Å². The van der Waals surface area contributed by atoms with Crippen molar-refractivity contribution in [2.24, 2.45) is 5.73 Å². The van der Waals surface area contributed by atoms with Crippen molar-refractivity contribution in [3.05, 3.63) is 0 Å². The van der Waals surface area contributed by atoms with Crippen molar-refractivity contribution in [3.63, 3.8) is 0 Å². The molecule has 2 unspecified atom stereocenters. The molecule has 1 heterocycles. The van der Waals surface area contributed by atoms with E-state index in [0.717, 1.165) is 32.2 Å². The van der Waals surface area contributed by atoms with Crippen molar-refractivity contribution < 1.29 is 9.53 Å². The van der Waals surface area contributed by atoms with Gasteiger partial charge in [0.25, 0.3) is 0 Å². The Hall–Kier alpha value is -0.610. The fourth-order valence-corrected chi connectivity index (χ4v) is 2.41. The Morgan fingerprint density at radius 3 is 2.94 bits per heavy atom. The van der Waals surface area contributed by atoms with Gasteiger partial charge >= 0.3 is 0 Å². The van der Waals surface area contributed by atoms with Gasteiger partial charge in [0.2, 0.25) is 5.91 Å². The summed E-state index contributed by atoms with van der Waals surface area (Å²) in [7, 11) is 1.69. The number of rotatable bonds is 6. The quantitative estimate of drug-likeness (QED) is 0.768. The molecular weight excluding hydrogens is 216 g/mol. The third-order valence-electron chi connectivity index (χ3n) is 3.61. The molecule has 0 aliphatic carbocycles. The fraction of sp³-hybridized carbons (Fsp3) is 0.923. The maximum absolute atomic E-state index is 12.1. The topological polar surface area (TPSA) is 55.6 Å². The van der Waals surface area contributed by atoms with Gasteiger partial charge in [0, 0.05) is 26.1 Å². The van der Waals surface area contributed by atoms with Crippen LogP contribution in [-0.2, 0) is 9.53 Å². The first kappa shape index (κ1) is 14.5. The van der Waals surface area contributed by atoms with Gasteiger partial charge < -0.3 is 15.4 Å². The Kier molecular flexibility index (Phi) is 6.52. The van der Waals surface area contributed by atoms with Crippen LogP contribution in [0.4, 0.5) is 0 Å². The van der Waals surface area contributed by atoms with Crippen LogP contribution in [0.25, 0.3) is 0 Å². The molecule has 0 aromatic heterocycles. The van der Waals surface area contributed by atoms with Crippen LogP contribution < -0.4 is 5.73 Å². The molecule has 0 spiro atoms. The van der Waals surface area contributed by atoms with E-state index in [1.807, 2.05) is 11.8 Å². The van der Waals surface area contributed by atoms with Crippen molar-refractivity contribution >= 4 is 5.91 Å². The molecule has 1 fully saturated rings. The molecule has 2 atom stereocenters. The number of amides is 1. The van der Waals surface area contributed by atoms with E-state index in [1.165, 1.54) is 6.42 Å². The van der Waals surface area contributed by atoms with Gasteiger partial charge in [-0.3, -0.25) is 4.79 Å². The normalized spacial score (nSPS) is 22.5. The van der Waals surface area contributed by atoms with Gasteiger partial charge in [0.15, 0.2) is 0 Å². The Bertz CT molecular complexity index is 231. The van der Waals surface area contributed by atoms with Gasteiger partial charge in [-0.15, -0.1) is 0 Å². The largest absolute Gasteiger partial charge is 0.382 e. The van der Waals surface area contributed by atoms with Crippen LogP contribution in [-0.4, -0.2) is 43.2 Å². The molecule has 0 aromatic rings. The van der Waals surface area contributed by atoms with E-state index in [1.54, 1.807) is 7.11 Å². The average Bonchev–Trinajstić information content (AvgIpc) is 2.36. The lowest BCUT2D eigenvalue weighted by Crippen LogP contribution is -2.44. The first-order valence-electron chi connectivity index (χ1n) is 6.71. The predicted molar refractivity (Wildman–Crippen MR) is 68.7 cm³/mol. The van der Waals surface area contributed by atoms with E-state index in [4.69, 9.17) is 10.5 Å². The monoisotopic (exact) mass is 242 g/mol. The van der Waals surface area contributed by atoms with Gasteiger partial charge in [-0.05, 0) is 45.6 Å². The fourth-order valence-electron chi connectivity index (χ4n) is 2.41. The maximum atomic E-state index is 12.1. The van der Waals surface area contributed by atoms with Gasteiger partial charge in [0.05, 0.1) is 6.10 Å². The summed E-state index contributed by atoms with van der Waals surface area (Å²) in [6.07, 6.45) is 5.97. The Morgan fingerprint density at radius 2 is 2.29 bits per heavy atom. The van der Waals surface area contributed by atoms with Crippen LogP contribution >= 0.6 is 0 Å². The number of carbonyl (C=O) groups excluding carboxylic acids is 1. The third-order valence-corrected chi connectivity index (χ3v) is 3.61. The number of methoxy groups -OCH3 is 1. The minimum absolute atomic E-state index is 0.164. The van der Waals surface area contributed by atoms with E-state index < -0.39 is 0 Å². The predicted octanol–water partition coefficient (Wildman–Crippen LogP) is 1.53. The van der Waals surface area contributed by atoms with E-state index in [0.29, 0.717) is 19.0 Å². The SMILES string of the molecule is COC(C)CCC(=O)N1CCCCC1CCN. The second kappa shape index (κ2) is 7.67. The van der Waals surface area contributed by atoms with Crippen LogP contribution in [0.3, 0.4) is 0 Å². The van der Waals surface area contributed by atoms with Crippen molar-refractivity contribution in [3.8, 4) is 0 Å². The molecule has 1 saturated heterocycles. The van der Waals surface area contributed by atoms with Crippen LogP contribution in [0.1, 0.15) is 45.4 Å². The van der Waals surface area contributed by atoms with Crippen molar-refractivity contribution in [1.82, 2.24) is 4.90 Å². The number of nitrogens with zero attached hydrogens (tertiary/aromatic N) is 1. The highest BCUT2D eigenvalue weighted by atomic mass is 16.5. The summed E-state index contributed by atoms with van der Waals surface area (Å²) in [5.41, 5.74) is 5.61. The Morgan fingerprint density at radius 1 is 1.53 bits per heavy atom. The average molecular weight is 242 g/mol. The molecule has 1 aliphatic rings. The summed E-state index contributed by atoms with van der Waals surface area (Å²) in [5.74, 6) is 0.270. The van der Waals surface area contributed by atoms with Crippen LogP contribution in [0.5, 0.6) is 0 Å². The zero-order valence-corrected chi connectivity index (χ0v) is 11.2. The van der Waals surface area contributed by atoms with E-state index >= 15 is 0 Å². The lowest BCUT2D eigenvalue weighted by molar-refractivity contribution is -0.135. The summed E-state index contributed by atoms with van der Waals surface area (Å²) in [6.45, 7) is 3.58. The summed E-state index contributed by atoms with van der Waals surface area (Å²) in [5, 5.41) is 0. The van der Waals surface area contributed by atoms with Gasteiger partial charge in [-0.2, -0.15) is 0 Å². The number of hydrogen-bond donors (Lipinski definition) is 1. The highest BCUT2D eigenvalue weighted by Crippen LogP contribution is 2.20. The lowest BCUT2D eigenvalue weighted by atomic mass is 9.98. The smallest absolute Gasteiger partial charge is 0.222 e.